The van der Waals surface area contributed by atoms with E-state index in [9.17, 15) is 4.79 Å². The van der Waals surface area contributed by atoms with Crippen LogP contribution in [0.15, 0.2) is 0 Å². The van der Waals surface area contributed by atoms with E-state index < -0.39 is 0 Å². The van der Waals surface area contributed by atoms with Crippen molar-refractivity contribution in [3.05, 3.63) is 0 Å². The van der Waals surface area contributed by atoms with Gasteiger partial charge >= 0.3 is 0 Å². The third kappa shape index (κ3) is 4.52. The minimum atomic E-state index is 0.194. The van der Waals surface area contributed by atoms with Crippen LogP contribution in [0.25, 0.3) is 0 Å². The van der Waals surface area contributed by atoms with Crippen LogP contribution in [0, 0.1) is 17.8 Å². The largest absolute Gasteiger partial charge is 0.356 e. The van der Waals surface area contributed by atoms with Gasteiger partial charge in [-0.3, -0.25) is 4.79 Å². The second-order valence-electron chi connectivity index (χ2n) is 5.35. The van der Waals surface area contributed by atoms with Gasteiger partial charge in [-0.25, -0.2) is 0 Å². The van der Waals surface area contributed by atoms with Crippen LogP contribution in [-0.2, 0) is 4.79 Å². The average Bonchev–Trinajstić information content (AvgIpc) is 2.69. The van der Waals surface area contributed by atoms with Crippen molar-refractivity contribution in [2.24, 2.45) is 23.5 Å². The summed E-state index contributed by atoms with van der Waals surface area (Å²) < 4.78 is 0. The molecule has 3 atom stereocenters. The zero-order chi connectivity index (χ0) is 12.0. The summed E-state index contributed by atoms with van der Waals surface area (Å²) in [6, 6.07) is 0. The third-order valence-electron chi connectivity index (χ3n) is 3.87. The Morgan fingerprint density at radius 3 is 2.81 bits per heavy atom. The Morgan fingerprint density at radius 2 is 2.25 bits per heavy atom. The summed E-state index contributed by atoms with van der Waals surface area (Å²) >= 11 is 0. The number of hydrogen-bond donors (Lipinski definition) is 2. The second kappa shape index (κ2) is 6.89. The highest BCUT2D eigenvalue weighted by atomic mass is 16.1. The zero-order valence-corrected chi connectivity index (χ0v) is 10.7. The van der Waals surface area contributed by atoms with Crippen LogP contribution in [0.2, 0.25) is 0 Å². The van der Waals surface area contributed by atoms with Gasteiger partial charge in [-0.05, 0) is 37.1 Å². The van der Waals surface area contributed by atoms with Crippen LogP contribution in [-0.4, -0.2) is 19.0 Å². The lowest BCUT2D eigenvalue weighted by Crippen LogP contribution is -2.30. The van der Waals surface area contributed by atoms with Crippen LogP contribution in [0.1, 0.15) is 46.0 Å². The molecule has 16 heavy (non-hydrogen) atoms. The molecule has 3 heteroatoms. The number of carbonyl (C=O) groups is 1. The van der Waals surface area contributed by atoms with E-state index in [0.717, 1.165) is 18.9 Å². The van der Waals surface area contributed by atoms with Gasteiger partial charge in [-0.15, -0.1) is 0 Å². The molecule has 0 aliphatic heterocycles. The summed E-state index contributed by atoms with van der Waals surface area (Å²) in [7, 11) is 0. The smallest absolute Gasteiger partial charge is 0.220 e. The fourth-order valence-electron chi connectivity index (χ4n) is 2.35. The maximum atomic E-state index is 11.6. The van der Waals surface area contributed by atoms with E-state index in [1.54, 1.807) is 0 Å². The van der Waals surface area contributed by atoms with Gasteiger partial charge in [0.2, 0.25) is 5.91 Å². The molecule has 0 radical (unpaired) electrons. The molecule has 94 valence electrons. The first-order chi connectivity index (χ1) is 7.63. The standard InChI is InChI=1S/C13H26N2O/c1-10(8-14)6-7-13(16)15-9-12-5-3-4-11(12)2/h10-12H,3-9,14H2,1-2H3,(H,15,16). The summed E-state index contributed by atoms with van der Waals surface area (Å²) in [5, 5.41) is 3.05. The zero-order valence-electron chi connectivity index (χ0n) is 10.7. The van der Waals surface area contributed by atoms with E-state index >= 15 is 0 Å². The Morgan fingerprint density at radius 1 is 1.50 bits per heavy atom. The molecule has 0 spiro atoms. The molecule has 1 amide bonds. The van der Waals surface area contributed by atoms with Crippen molar-refractivity contribution in [3.8, 4) is 0 Å². The van der Waals surface area contributed by atoms with Crippen LogP contribution in [0.4, 0.5) is 0 Å². The van der Waals surface area contributed by atoms with E-state index in [4.69, 9.17) is 5.73 Å². The third-order valence-corrected chi connectivity index (χ3v) is 3.87. The fraction of sp³-hybridized carbons (Fsp3) is 0.923. The Bertz CT molecular complexity index is 218. The number of carbonyl (C=O) groups excluding carboxylic acids is 1. The summed E-state index contributed by atoms with van der Waals surface area (Å²) in [6.07, 6.45) is 5.46. The van der Waals surface area contributed by atoms with E-state index in [2.05, 4.69) is 19.2 Å². The van der Waals surface area contributed by atoms with Crippen LogP contribution < -0.4 is 11.1 Å². The van der Waals surface area contributed by atoms with Crippen LogP contribution in [0.5, 0.6) is 0 Å². The first-order valence-electron chi connectivity index (χ1n) is 6.60. The van der Waals surface area contributed by atoms with Gasteiger partial charge < -0.3 is 11.1 Å². The van der Waals surface area contributed by atoms with Crippen LogP contribution >= 0.6 is 0 Å². The predicted molar refractivity (Wildman–Crippen MR) is 67.0 cm³/mol. The molecule has 0 aromatic heterocycles. The number of nitrogens with two attached hydrogens (primary N) is 1. The normalized spacial score (nSPS) is 26.7. The highest BCUT2D eigenvalue weighted by molar-refractivity contribution is 5.75. The van der Waals surface area contributed by atoms with Crippen molar-refractivity contribution in [2.45, 2.75) is 46.0 Å². The van der Waals surface area contributed by atoms with Crippen molar-refractivity contribution in [1.29, 1.82) is 0 Å². The molecule has 0 aromatic carbocycles. The van der Waals surface area contributed by atoms with Gasteiger partial charge in [0.05, 0.1) is 0 Å². The highest BCUT2D eigenvalue weighted by Crippen LogP contribution is 2.30. The second-order valence-corrected chi connectivity index (χ2v) is 5.35. The molecular weight excluding hydrogens is 200 g/mol. The molecule has 0 aromatic rings. The van der Waals surface area contributed by atoms with E-state index in [-0.39, 0.29) is 5.91 Å². The maximum Gasteiger partial charge on any atom is 0.220 e. The average molecular weight is 226 g/mol. The van der Waals surface area contributed by atoms with Gasteiger partial charge in [0.15, 0.2) is 0 Å². The molecule has 1 aliphatic carbocycles. The quantitative estimate of drug-likeness (QED) is 0.727. The summed E-state index contributed by atoms with van der Waals surface area (Å²) in [6.45, 7) is 5.93. The Kier molecular flexibility index (Phi) is 5.81. The predicted octanol–water partition coefficient (Wildman–Crippen LogP) is 1.91. The topological polar surface area (TPSA) is 55.1 Å². The Labute approximate surface area is 99.2 Å². The van der Waals surface area contributed by atoms with E-state index in [1.807, 2.05) is 0 Å². The summed E-state index contributed by atoms with van der Waals surface area (Å²) in [4.78, 5) is 11.6. The molecule has 1 aliphatic rings. The molecule has 1 saturated carbocycles. The van der Waals surface area contributed by atoms with Gasteiger partial charge in [0.1, 0.15) is 0 Å². The first kappa shape index (κ1) is 13.5. The van der Waals surface area contributed by atoms with Crippen LogP contribution in [0.3, 0.4) is 0 Å². The molecule has 0 bridgehead atoms. The van der Waals surface area contributed by atoms with Crippen molar-refractivity contribution in [3.63, 3.8) is 0 Å². The lowest BCUT2D eigenvalue weighted by atomic mass is 9.98. The minimum Gasteiger partial charge on any atom is -0.356 e. The molecule has 3 N–H and O–H groups in total. The molecule has 0 heterocycles. The molecule has 1 rings (SSSR count). The molecule has 3 nitrogen and oxygen atoms in total. The van der Waals surface area contributed by atoms with Gasteiger partial charge in [-0.2, -0.15) is 0 Å². The highest BCUT2D eigenvalue weighted by Gasteiger charge is 2.23. The Hall–Kier alpha value is -0.570. The van der Waals surface area contributed by atoms with Gasteiger partial charge in [0, 0.05) is 13.0 Å². The van der Waals surface area contributed by atoms with Crippen molar-refractivity contribution < 1.29 is 4.79 Å². The van der Waals surface area contributed by atoms with E-state index in [0.29, 0.717) is 24.8 Å². The SMILES string of the molecule is CC(CN)CCC(=O)NCC1CCCC1C. The summed E-state index contributed by atoms with van der Waals surface area (Å²) in [5.41, 5.74) is 5.52. The fourth-order valence-corrected chi connectivity index (χ4v) is 2.35. The van der Waals surface area contributed by atoms with Gasteiger partial charge in [0.25, 0.3) is 0 Å². The minimum absolute atomic E-state index is 0.194. The molecular formula is C13H26N2O. The monoisotopic (exact) mass is 226 g/mol. The molecule has 3 unspecified atom stereocenters. The first-order valence-corrected chi connectivity index (χ1v) is 6.60. The van der Waals surface area contributed by atoms with E-state index in [1.165, 1.54) is 19.3 Å². The number of nitrogens with one attached hydrogen (secondary N) is 1. The van der Waals surface area contributed by atoms with Crippen molar-refractivity contribution >= 4 is 5.91 Å². The van der Waals surface area contributed by atoms with Gasteiger partial charge in [-0.1, -0.05) is 26.7 Å². The lowest BCUT2D eigenvalue weighted by molar-refractivity contribution is -0.121. The number of amides is 1. The van der Waals surface area contributed by atoms with Crippen molar-refractivity contribution in [2.75, 3.05) is 13.1 Å². The summed E-state index contributed by atoms with van der Waals surface area (Å²) in [5.74, 6) is 2.13. The number of rotatable bonds is 6. The molecule has 1 fully saturated rings. The molecule has 0 saturated heterocycles. The number of hydrogen-bond acceptors (Lipinski definition) is 2. The Balaban J connectivity index is 2.10. The lowest BCUT2D eigenvalue weighted by Gasteiger charge is -2.16. The maximum absolute atomic E-state index is 11.6. The van der Waals surface area contributed by atoms with Crippen molar-refractivity contribution in [1.82, 2.24) is 5.32 Å².